The predicted molar refractivity (Wildman–Crippen MR) is 61.2 cm³/mol. The minimum atomic E-state index is -3.50. The van der Waals surface area contributed by atoms with Crippen LogP contribution in [0.15, 0.2) is 0 Å². The van der Waals surface area contributed by atoms with E-state index in [9.17, 15) is 8.42 Å². The lowest BCUT2D eigenvalue weighted by molar-refractivity contribution is 0.547. The van der Waals surface area contributed by atoms with Crippen molar-refractivity contribution in [3.63, 3.8) is 0 Å². The van der Waals surface area contributed by atoms with Gasteiger partial charge >= 0.3 is 0 Å². The van der Waals surface area contributed by atoms with Crippen LogP contribution in [0, 0.1) is 0 Å². The van der Waals surface area contributed by atoms with Gasteiger partial charge in [-0.25, -0.2) is 0 Å². The molecule has 0 aromatic heterocycles. The molecule has 84 valence electrons. The van der Waals surface area contributed by atoms with Gasteiger partial charge < -0.3 is 5.73 Å². The van der Waals surface area contributed by atoms with Gasteiger partial charge in [0.2, 0.25) is 0 Å². The van der Waals surface area contributed by atoms with Crippen LogP contribution in [0.2, 0.25) is 0 Å². The van der Waals surface area contributed by atoms with E-state index in [1.807, 2.05) is 6.92 Å². The molecule has 0 aliphatic heterocycles. The highest BCUT2D eigenvalue weighted by Gasteiger charge is 2.18. The highest BCUT2D eigenvalue weighted by Crippen LogP contribution is 1.94. The van der Waals surface area contributed by atoms with Crippen molar-refractivity contribution in [2.45, 2.75) is 39.3 Å². The van der Waals surface area contributed by atoms with E-state index < -0.39 is 16.3 Å². The summed E-state index contributed by atoms with van der Waals surface area (Å²) in [5.74, 6) is 0. The summed E-state index contributed by atoms with van der Waals surface area (Å²) in [4.78, 5) is 0.154. The summed E-state index contributed by atoms with van der Waals surface area (Å²) < 4.78 is 27.5. The summed E-state index contributed by atoms with van der Waals surface area (Å²) in [6.07, 6.45) is 0.536. The van der Waals surface area contributed by atoms with Crippen LogP contribution in [0.5, 0.6) is 0 Å². The molecule has 7 heteroatoms. The molecule has 0 bridgehead atoms. The third-order valence-electron chi connectivity index (χ3n) is 1.44. The summed E-state index contributed by atoms with van der Waals surface area (Å²) in [5, 5.41) is 0. The summed E-state index contributed by atoms with van der Waals surface area (Å²) >= 11 is 4.72. The third kappa shape index (κ3) is 5.48. The lowest BCUT2D eigenvalue weighted by atomic mass is 10.2. The van der Waals surface area contributed by atoms with Crippen molar-refractivity contribution >= 4 is 27.4 Å². The Kier molecular flexibility index (Phi) is 5.50. The zero-order chi connectivity index (χ0) is 11.4. The van der Waals surface area contributed by atoms with Crippen molar-refractivity contribution in [3.8, 4) is 0 Å². The Morgan fingerprint density at radius 2 is 1.93 bits per heavy atom. The zero-order valence-electron chi connectivity index (χ0n) is 8.57. The molecule has 0 aliphatic carbocycles. The van der Waals surface area contributed by atoms with Crippen LogP contribution in [0.3, 0.4) is 0 Å². The van der Waals surface area contributed by atoms with Crippen molar-refractivity contribution in [3.05, 3.63) is 0 Å². The summed E-state index contributed by atoms with van der Waals surface area (Å²) in [6, 6.07) is -0.641. The molecule has 0 rings (SSSR count). The van der Waals surface area contributed by atoms with Gasteiger partial charge in [0, 0.05) is 6.04 Å². The van der Waals surface area contributed by atoms with Crippen molar-refractivity contribution in [1.82, 2.24) is 9.44 Å². The first-order valence-corrected chi connectivity index (χ1v) is 6.26. The Hall–Kier alpha value is -0.240. The molecule has 0 aromatic rings. The molecule has 0 amide bonds. The molecular formula is C7H17N3O2S2. The Morgan fingerprint density at radius 1 is 1.43 bits per heavy atom. The molecule has 0 heterocycles. The average molecular weight is 239 g/mol. The topological polar surface area (TPSA) is 84.2 Å². The fraction of sp³-hybridized carbons (Fsp3) is 0.857. The molecule has 0 aliphatic rings. The van der Waals surface area contributed by atoms with E-state index in [1.165, 1.54) is 0 Å². The highest BCUT2D eigenvalue weighted by molar-refractivity contribution is 7.87. The van der Waals surface area contributed by atoms with Gasteiger partial charge in [0.25, 0.3) is 10.2 Å². The van der Waals surface area contributed by atoms with Crippen LogP contribution in [0.25, 0.3) is 0 Å². The van der Waals surface area contributed by atoms with Crippen LogP contribution >= 0.6 is 12.2 Å². The number of nitrogens with one attached hydrogen (secondary N) is 2. The highest BCUT2D eigenvalue weighted by atomic mass is 32.2. The van der Waals surface area contributed by atoms with E-state index in [0.29, 0.717) is 6.42 Å². The molecule has 0 saturated heterocycles. The monoisotopic (exact) mass is 239 g/mol. The molecule has 14 heavy (non-hydrogen) atoms. The predicted octanol–water partition coefficient (Wildman–Crippen LogP) is -0.116. The lowest BCUT2D eigenvalue weighted by Gasteiger charge is -2.17. The SMILES string of the molecule is CCC(NS(=O)(=O)NC(C)C)C(N)=S. The molecule has 5 nitrogen and oxygen atoms in total. The molecule has 0 saturated carbocycles. The maximum atomic E-state index is 11.4. The molecule has 0 fully saturated rings. The van der Waals surface area contributed by atoms with E-state index in [-0.39, 0.29) is 11.0 Å². The fourth-order valence-electron chi connectivity index (χ4n) is 0.874. The molecule has 0 aromatic carbocycles. The Labute approximate surface area is 90.6 Å². The van der Waals surface area contributed by atoms with Gasteiger partial charge in [-0.2, -0.15) is 17.9 Å². The quantitative estimate of drug-likeness (QED) is 0.564. The number of rotatable bonds is 6. The Bertz CT molecular complexity index is 287. The second-order valence-electron chi connectivity index (χ2n) is 3.26. The van der Waals surface area contributed by atoms with Gasteiger partial charge in [0.15, 0.2) is 0 Å². The minimum absolute atomic E-state index is 0.154. The van der Waals surface area contributed by atoms with Gasteiger partial charge in [-0.1, -0.05) is 19.1 Å². The van der Waals surface area contributed by atoms with E-state index in [0.717, 1.165) is 0 Å². The summed E-state index contributed by atoms with van der Waals surface area (Å²) in [5.41, 5.74) is 5.36. The van der Waals surface area contributed by atoms with Crippen molar-refractivity contribution in [2.24, 2.45) is 5.73 Å². The largest absolute Gasteiger partial charge is 0.392 e. The van der Waals surface area contributed by atoms with Gasteiger partial charge in [0.1, 0.15) is 0 Å². The summed E-state index contributed by atoms with van der Waals surface area (Å²) in [7, 11) is -3.50. The number of thiocarbonyl (C=S) groups is 1. The average Bonchev–Trinajstić information content (AvgIpc) is 1.97. The Balaban J connectivity index is 4.41. The zero-order valence-corrected chi connectivity index (χ0v) is 10.2. The fourth-order valence-corrected chi connectivity index (χ4v) is 2.53. The van der Waals surface area contributed by atoms with E-state index in [4.69, 9.17) is 18.0 Å². The van der Waals surface area contributed by atoms with Gasteiger partial charge in [-0.15, -0.1) is 0 Å². The first kappa shape index (κ1) is 13.8. The van der Waals surface area contributed by atoms with Crippen molar-refractivity contribution < 1.29 is 8.42 Å². The van der Waals surface area contributed by atoms with Crippen LogP contribution in [0.4, 0.5) is 0 Å². The van der Waals surface area contributed by atoms with E-state index in [2.05, 4.69) is 9.44 Å². The second-order valence-corrected chi connectivity index (χ2v) is 5.21. The van der Waals surface area contributed by atoms with Crippen LogP contribution < -0.4 is 15.2 Å². The van der Waals surface area contributed by atoms with Crippen LogP contribution in [0.1, 0.15) is 27.2 Å². The van der Waals surface area contributed by atoms with Gasteiger partial charge in [0.05, 0.1) is 11.0 Å². The van der Waals surface area contributed by atoms with Crippen molar-refractivity contribution in [2.75, 3.05) is 0 Å². The smallest absolute Gasteiger partial charge is 0.277 e. The van der Waals surface area contributed by atoms with Crippen molar-refractivity contribution in [1.29, 1.82) is 0 Å². The Morgan fingerprint density at radius 3 is 2.21 bits per heavy atom. The van der Waals surface area contributed by atoms with E-state index >= 15 is 0 Å². The molecule has 0 spiro atoms. The van der Waals surface area contributed by atoms with E-state index in [1.54, 1.807) is 13.8 Å². The molecule has 4 N–H and O–H groups in total. The second kappa shape index (κ2) is 5.59. The van der Waals surface area contributed by atoms with Gasteiger partial charge in [-0.3, -0.25) is 0 Å². The standard InChI is InChI=1S/C7H17N3O2S2/c1-4-6(7(8)13)10-14(11,12)9-5(2)3/h5-6,9-10H,4H2,1-3H3,(H2,8,13). The first-order valence-electron chi connectivity index (χ1n) is 4.37. The number of hydrogen-bond donors (Lipinski definition) is 3. The minimum Gasteiger partial charge on any atom is -0.392 e. The molecule has 0 radical (unpaired) electrons. The normalized spacial score (nSPS) is 14.3. The maximum Gasteiger partial charge on any atom is 0.277 e. The van der Waals surface area contributed by atoms with Gasteiger partial charge in [-0.05, 0) is 20.3 Å². The number of hydrogen-bond acceptors (Lipinski definition) is 3. The maximum absolute atomic E-state index is 11.4. The lowest BCUT2D eigenvalue weighted by Crippen LogP contribution is -2.49. The molecule has 1 atom stereocenters. The third-order valence-corrected chi connectivity index (χ3v) is 3.10. The summed E-state index contributed by atoms with van der Waals surface area (Å²) in [6.45, 7) is 5.28. The molecule has 1 unspecified atom stereocenters. The van der Waals surface area contributed by atoms with Crippen LogP contribution in [-0.4, -0.2) is 25.5 Å². The number of nitrogens with two attached hydrogens (primary N) is 1. The first-order chi connectivity index (χ1) is 6.28. The van der Waals surface area contributed by atoms with Crippen LogP contribution in [-0.2, 0) is 10.2 Å². The molecular weight excluding hydrogens is 222 g/mol.